The number of carbonyl (C=O) groups is 1. The van der Waals surface area contributed by atoms with E-state index in [1.807, 2.05) is 25.1 Å². The summed E-state index contributed by atoms with van der Waals surface area (Å²) >= 11 is 0. The van der Waals surface area contributed by atoms with E-state index in [9.17, 15) is 4.79 Å². The molecule has 6 heteroatoms. The molecule has 0 aliphatic heterocycles. The Hall–Kier alpha value is -2.24. The molecule has 0 saturated heterocycles. The van der Waals surface area contributed by atoms with Gasteiger partial charge in [0.1, 0.15) is 12.4 Å². The summed E-state index contributed by atoms with van der Waals surface area (Å²) in [7, 11) is 0. The zero-order chi connectivity index (χ0) is 14.8. The Morgan fingerprint density at radius 2 is 2.25 bits per heavy atom. The maximum atomic E-state index is 11.0. The standard InChI is InChI=1S/C14H22N4O2/c1-3-7-16-14(15)17-8-9-20-13-6-4-5-12(10-13)18-11(2)19/h4-6,10H,3,7-9H2,1-2H3,(H,18,19)(H3,15,16,17). The van der Waals surface area contributed by atoms with E-state index in [1.54, 1.807) is 6.07 Å². The van der Waals surface area contributed by atoms with Crippen LogP contribution in [0.4, 0.5) is 5.69 Å². The van der Waals surface area contributed by atoms with Crippen molar-refractivity contribution >= 4 is 17.6 Å². The summed E-state index contributed by atoms with van der Waals surface area (Å²) in [5, 5.41) is 5.67. The molecule has 0 atom stereocenters. The maximum absolute atomic E-state index is 11.0. The molecule has 0 bridgehead atoms. The van der Waals surface area contributed by atoms with Crippen molar-refractivity contribution in [3.8, 4) is 5.75 Å². The van der Waals surface area contributed by atoms with Gasteiger partial charge in [0.25, 0.3) is 0 Å². The molecule has 0 aromatic heterocycles. The lowest BCUT2D eigenvalue weighted by Crippen LogP contribution is -2.34. The van der Waals surface area contributed by atoms with Gasteiger partial charge < -0.3 is 21.1 Å². The first kappa shape index (κ1) is 15.8. The lowest BCUT2D eigenvalue weighted by Gasteiger charge is -2.09. The van der Waals surface area contributed by atoms with Crippen molar-refractivity contribution in [2.24, 2.45) is 10.7 Å². The van der Waals surface area contributed by atoms with Gasteiger partial charge in [-0.2, -0.15) is 0 Å². The zero-order valence-electron chi connectivity index (χ0n) is 12.0. The second-order valence-electron chi connectivity index (χ2n) is 4.25. The maximum Gasteiger partial charge on any atom is 0.221 e. The molecule has 0 aliphatic rings. The molecular formula is C14H22N4O2. The van der Waals surface area contributed by atoms with Crippen LogP contribution in [-0.4, -0.2) is 31.6 Å². The second-order valence-corrected chi connectivity index (χ2v) is 4.25. The van der Waals surface area contributed by atoms with Crippen LogP contribution in [-0.2, 0) is 4.79 Å². The summed E-state index contributed by atoms with van der Waals surface area (Å²) < 4.78 is 5.56. The molecule has 0 aliphatic carbocycles. The molecule has 1 rings (SSSR count). The van der Waals surface area contributed by atoms with Crippen LogP contribution in [0.2, 0.25) is 0 Å². The van der Waals surface area contributed by atoms with Crippen LogP contribution >= 0.6 is 0 Å². The van der Waals surface area contributed by atoms with Crippen LogP contribution in [0, 0.1) is 0 Å². The van der Waals surface area contributed by atoms with Gasteiger partial charge in [-0.3, -0.25) is 9.79 Å². The van der Waals surface area contributed by atoms with Crippen LogP contribution < -0.4 is 21.1 Å². The summed E-state index contributed by atoms with van der Waals surface area (Å²) in [6.45, 7) is 5.27. The van der Waals surface area contributed by atoms with Crippen molar-refractivity contribution in [2.75, 3.05) is 25.0 Å². The molecule has 1 amide bonds. The Bertz CT molecular complexity index is 460. The lowest BCUT2D eigenvalue weighted by atomic mass is 10.3. The number of benzene rings is 1. The van der Waals surface area contributed by atoms with Gasteiger partial charge in [-0.25, -0.2) is 0 Å². The normalized spacial score (nSPS) is 11.0. The van der Waals surface area contributed by atoms with Gasteiger partial charge in [-0.15, -0.1) is 0 Å². The highest BCUT2D eigenvalue weighted by atomic mass is 16.5. The molecule has 6 nitrogen and oxygen atoms in total. The Balaban J connectivity index is 2.33. The Labute approximate surface area is 119 Å². The van der Waals surface area contributed by atoms with Crippen LogP contribution in [0.1, 0.15) is 20.3 Å². The molecule has 0 heterocycles. The quantitative estimate of drug-likeness (QED) is 0.399. The van der Waals surface area contributed by atoms with Gasteiger partial charge in [0.15, 0.2) is 5.96 Å². The highest BCUT2D eigenvalue weighted by Gasteiger charge is 1.99. The molecule has 4 N–H and O–H groups in total. The minimum Gasteiger partial charge on any atom is -0.492 e. The predicted octanol–water partition coefficient (Wildman–Crippen LogP) is 1.34. The molecule has 0 radical (unpaired) electrons. The van der Waals surface area contributed by atoms with Crippen LogP contribution in [0.25, 0.3) is 0 Å². The first-order chi connectivity index (χ1) is 9.61. The van der Waals surface area contributed by atoms with Gasteiger partial charge in [0.2, 0.25) is 5.91 Å². The van der Waals surface area contributed by atoms with E-state index in [0.29, 0.717) is 30.5 Å². The van der Waals surface area contributed by atoms with Gasteiger partial charge in [0.05, 0.1) is 6.54 Å². The zero-order valence-corrected chi connectivity index (χ0v) is 12.0. The first-order valence-electron chi connectivity index (χ1n) is 6.66. The number of anilines is 1. The minimum absolute atomic E-state index is 0.108. The van der Waals surface area contributed by atoms with E-state index in [-0.39, 0.29) is 5.91 Å². The van der Waals surface area contributed by atoms with Crippen LogP contribution in [0.5, 0.6) is 5.75 Å². The molecule has 20 heavy (non-hydrogen) atoms. The fraction of sp³-hybridized carbons (Fsp3) is 0.429. The van der Waals surface area contributed by atoms with Crippen molar-refractivity contribution in [1.29, 1.82) is 0 Å². The molecule has 0 fully saturated rings. The molecule has 0 saturated carbocycles. The van der Waals surface area contributed by atoms with E-state index in [4.69, 9.17) is 10.5 Å². The third-order valence-electron chi connectivity index (χ3n) is 2.34. The number of nitrogens with two attached hydrogens (primary N) is 1. The predicted molar refractivity (Wildman–Crippen MR) is 81.0 cm³/mol. The highest BCUT2D eigenvalue weighted by Crippen LogP contribution is 2.16. The molecule has 1 aromatic carbocycles. The second kappa shape index (κ2) is 8.79. The van der Waals surface area contributed by atoms with Crippen molar-refractivity contribution in [3.63, 3.8) is 0 Å². The number of hydrogen-bond donors (Lipinski definition) is 3. The lowest BCUT2D eigenvalue weighted by molar-refractivity contribution is -0.114. The highest BCUT2D eigenvalue weighted by molar-refractivity contribution is 5.88. The summed E-state index contributed by atoms with van der Waals surface area (Å²) in [5.74, 6) is 1.02. The van der Waals surface area contributed by atoms with E-state index in [0.717, 1.165) is 13.0 Å². The number of guanidine groups is 1. The molecule has 0 unspecified atom stereocenters. The number of hydrogen-bond acceptors (Lipinski definition) is 3. The van der Waals surface area contributed by atoms with E-state index in [2.05, 4.69) is 15.6 Å². The fourth-order valence-corrected chi connectivity index (χ4v) is 1.50. The number of amides is 1. The average molecular weight is 278 g/mol. The average Bonchev–Trinajstić information content (AvgIpc) is 2.41. The Morgan fingerprint density at radius 1 is 1.45 bits per heavy atom. The van der Waals surface area contributed by atoms with Crippen LogP contribution in [0.3, 0.4) is 0 Å². The number of ether oxygens (including phenoxy) is 1. The van der Waals surface area contributed by atoms with Crippen molar-refractivity contribution in [1.82, 2.24) is 5.32 Å². The van der Waals surface area contributed by atoms with Crippen molar-refractivity contribution < 1.29 is 9.53 Å². The number of carbonyl (C=O) groups excluding carboxylic acids is 1. The summed E-state index contributed by atoms with van der Waals surface area (Å²) in [6.07, 6.45) is 0.967. The largest absolute Gasteiger partial charge is 0.492 e. The fourth-order valence-electron chi connectivity index (χ4n) is 1.50. The first-order valence-corrected chi connectivity index (χ1v) is 6.66. The molecule has 0 spiro atoms. The summed E-state index contributed by atoms with van der Waals surface area (Å²) in [4.78, 5) is 15.1. The van der Waals surface area contributed by atoms with E-state index >= 15 is 0 Å². The summed E-state index contributed by atoms with van der Waals surface area (Å²) in [6, 6.07) is 7.24. The molecule has 110 valence electrons. The van der Waals surface area contributed by atoms with E-state index in [1.165, 1.54) is 6.92 Å². The monoisotopic (exact) mass is 278 g/mol. The van der Waals surface area contributed by atoms with Crippen molar-refractivity contribution in [2.45, 2.75) is 20.3 Å². The minimum atomic E-state index is -0.108. The van der Waals surface area contributed by atoms with Crippen molar-refractivity contribution in [3.05, 3.63) is 24.3 Å². The van der Waals surface area contributed by atoms with Gasteiger partial charge in [-0.1, -0.05) is 13.0 Å². The topological polar surface area (TPSA) is 88.7 Å². The van der Waals surface area contributed by atoms with Gasteiger partial charge in [-0.05, 0) is 18.6 Å². The number of aliphatic imine (C=N–C) groups is 1. The molecular weight excluding hydrogens is 256 g/mol. The molecule has 1 aromatic rings. The third kappa shape index (κ3) is 6.63. The Morgan fingerprint density at radius 3 is 2.95 bits per heavy atom. The Kier molecular flexibility index (Phi) is 6.95. The third-order valence-corrected chi connectivity index (χ3v) is 2.34. The SMILES string of the molecule is CCCN=C(N)NCCOc1cccc(NC(C)=O)c1. The van der Waals surface area contributed by atoms with E-state index < -0.39 is 0 Å². The number of rotatable bonds is 7. The van der Waals surface area contributed by atoms with Crippen LogP contribution in [0.15, 0.2) is 29.3 Å². The van der Waals surface area contributed by atoms with Gasteiger partial charge >= 0.3 is 0 Å². The van der Waals surface area contributed by atoms with Gasteiger partial charge in [0, 0.05) is 25.2 Å². The number of nitrogens with zero attached hydrogens (tertiary/aromatic N) is 1. The number of nitrogens with one attached hydrogen (secondary N) is 2. The smallest absolute Gasteiger partial charge is 0.221 e. The summed E-state index contributed by atoms with van der Waals surface area (Å²) in [5.41, 5.74) is 6.37.